The number of carboxylic acids is 1. The number of alkyl carbamates (subject to hydrolysis) is 1. The van der Waals surface area contributed by atoms with Gasteiger partial charge in [0.25, 0.3) is 0 Å². The molecule has 3 N–H and O–H groups in total. The molecule has 0 aromatic heterocycles. The number of carbonyl (C=O) groups excluding carboxylic acids is 2. The summed E-state index contributed by atoms with van der Waals surface area (Å²) in [6, 6.07) is 16.3. The van der Waals surface area contributed by atoms with Gasteiger partial charge in [-0.2, -0.15) is 0 Å². The zero-order chi connectivity index (χ0) is 25.0. The number of amides is 2. The summed E-state index contributed by atoms with van der Waals surface area (Å²) in [6.07, 6.45) is 2.92. The SMILES string of the molecule is CC(CCNC(=O)OCC1c2ccccc2-c2ccccc21)C(=O)NC1(C)CCCCC1C(=O)O. The fourth-order valence-corrected chi connectivity index (χ4v) is 5.46. The topological polar surface area (TPSA) is 105 Å². The van der Waals surface area contributed by atoms with Gasteiger partial charge in [-0.3, -0.25) is 9.59 Å². The molecule has 0 spiro atoms. The first-order valence-electron chi connectivity index (χ1n) is 12.4. The Morgan fingerprint density at radius 2 is 1.69 bits per heavy atom. The fraction of sp³-hybridized carbons (Fsp3) is 0.464. The first-order valence-corrected chi connectivity index (χ1v) is 12.4. The number of nitrogens with one attached hydrogen (secondary N) is 2. The molecule has 2 amide bonds. The molecule has 3 atom stereocenters. The van der Waals surface area contributed by atoms with Crippen molar-refractivity contribution in [3.63, 3.8) is 0 Å². The van der Waals surface area contributed by atoms with E-state index in [-0.39, 0.29) is 24.3 Å². The van der Waals surface area contributed by atoms with Crippen LogP contribution >= 0.6 is 0 Å². The Bertz CT molecular complexity index is 1050. The van der Waals surface area contributed by atoms with Crippen molar-refractivity contribution in [3.8, 4) is 11.1 Å². The van der Waals surface area contributed by atoms with Crippen molar-refractivity contribution in [2.24, 2.45) is 11.8 Å². The summed E-state index contributed by atoms with van der Waals surface area (Å²) in [6.45, 7) is 4.15. The van der Waals surface area contributed by atoms with Gasteiger partial charge in [-0.1, -0.05) is 68.3 Å². The van der Waals surface area contributed by atoms with Gasteiger partial charge in [0.1, 0.15) is 6.61 Å². The van der Waals surface area contributed by atoms with Gasteiger partial charge in [-0.25, -0.2) is 4.79 Å². The lowest BCUT2D eigenvalue weighted by molar-refractivity contribution is -0.147. The van der Waals surface area contributed by atoms with E-state index in [4.69, 9.17) is 4.74 Å². The summed E-state index contributed by atoms with van der Waals surface area (Å²) in [5, 5.41) is 15.3. The third-order valence-corrected chi connectivity index (χ3v) is 7.55. The van der Waals surface area contributed by atoms with E-state index in [0.717, 1.165) is 24.0 Å². The second-order valence-electron chi connectivity index (χ2n) is 9.99. The van der Waals surface area contributed by atoms with Gasteiger partial charge < -0.3 is 20.5 Å². The van der Waals surface area contributed by atoms with E-state index in [1.807, 2.05) is 31.2 Å². The Morgan fingerprint density at radius 3 is 2.31 bits per heavy atom. The summed E-state index contributed by atoms with van der Waals surface area (Å²) in [4.78, 5) is 36.8. The van der Waals surface area contributed by atoms with Gasteiger partial charge >= 0.3 is 12.1 Å². The van der Waals surface area contributed by atoms with Crippen LogP contribution in [0.3, 0.4) is 0 Å². The van der Waals surface area contributed by atoms with Gasteiger partial charge in [0.2, 0.25) is 5.91 Å². The number of hydrogen-bond acceptors (Lipinski definition) is 4. The summed E-state index contributed by atoms with van der Waals surface area (Å²) in [7, 11) is 0. The molecular weight excluding hydrogens is 444 g/mol. The lowest BCUT2D eigenvalue weighted by atomic mass is 9.73. The normalized spacial score (nSPS) is 21.9. The third kappa shape index (κ3) is 5.34. The summed E-state index contributed by atoms with van der Waals surface area (Å²) >= 11 is 0. The van der Waals surface area contributed by atoms with Crippen LogP contribution in [0.2, 0.25) is 0 Å². The van der Waals surface area contributed by atoms with Crippen LogP contribution in [0, 0.1) is 11.8 Å². The van der Waals surface area contributed by atoms with Crippen molar-refractivity contribution in [2.75, 3.05) is 13.2 Å². The van der Waals surface area contributed by atoms with Crippen LogP contribution in [0.25, 0.3) is 11.1 Å². The van der Waals surface area contributed by atoms with E-state index >= 15 is 0 Å². The van der Waals surface area contributed by atoms with E-state index in [1.165, 1.54) is 11.1 Å². The molecular formula is C28H34N2O5. The number of carbonyl (C=O) groups is 3. The number of benzene rings is 2. The molecule has 0 radical (unpaired) electrons. The smallest absolute Gasteiger partial charge is 0.407 e. The second-order valence-corrected chi connectivity index (χ2v) is 9.99. The Balaban J connectivity index is 1.25. The molecule has 7 heteroatoms. The van der Waals surface area contributed by atoms with Crippen molar-refractivity contribution in [1.82, 2.24) is 10.6 Å². The van der Waals surface area contributed by atoms with E-state index < -0.39 is 23.5 Å². The highest BCUT2D eigenvalue weighted by atomic mass is 16.5. The van der Waals surface area contributed by atoms with Gasteiger partial charge in [-0.15, -0.1) is 0 Å². The van der Waals surface area contributed by atoms with Crippen molar-refractivity contribution in [3.05, 3.63) is 59.7 Å². The lowest BCUT2D eigenvalue weighted by Gasteiger charge is -2.40. The minimum atomic E-state index is -0.864. The Morgan fingerprint density at radius 1 is 1.06 bits per heavy atom. The zero-order valence-corrected chi connectivity index (χ0v) is 20.4. The quantitative estimate of drug-likeness (QED) is 0.510. The van der Waals surface area contributed by atoms with Crippen LogP contribution in [0.15, 0.2) is 48.5 Å². The van der Waals surface area contributed by atoms with Crippen molar-refractivity contribution >= 4 is 18.0 Å². The highest BCUT2D eigenvalue weighted by molar-refractivity contribution is 5.81. The number of ether oxygens (including phenoxy) is 1. The van der Waals surface area contributed by atoms with Gasteiger partial charge in [0.15, 0.2) is 0 Å². The number of fused-ring (bicyclic) bond motifs is 3. The van der Waals surface area contributed by atoms with E-state index in [9.17, 15) is 19.5 Å². The van der Waals surface area contributed by atoms with Crippen LogP contribution in [-0.2, 0) is 14.3 Å². The molecule has 3 unspecified atom stereocenters. The molecule has 1 saturated carbocycles. The Labute approximate surface area is 206 Å². The molecule has 7 nitrogen and oxygen atoms in total. The van der Waals surface area contributed by atoms with Crippen LogP contribution in [0.4, 0.5) is 4.79 Å². The second kappa shape index (κ2) is 10.5. The number of hydrogen-bond donors (Lipinski definition) is 3. The maximum atomic E-state index is 12.7. The number of carboxylic acid groups (broad SMARTS) is 1. The van der Waals surface area contributed by atoms with E-state index in [2.05, 4.69) is 34.9 Å². The van der Waals surface area contributed by atoms with Crippen LogP contribution in [0.1, 0.15) is 63.0 Å². The first-order chi connectivity index (χ1) is 16.8. The highest BCUT2D eigenvalue weighted by Gasteiger charge is 2.42. The van der Waals surface area contributed by atoms with Gasteiger partial charge in [-0.05, 0) is 48.4 Å². The molecule has 0 heterocycles. The van der Waals surface area contributed by atoms with Crippen molar-refractivity contribution < 1.29 is 24.2 Å². The lowest BCUT2D eigenvalue weighted by Crippen LogP contribution is -2.56. The van der Waals surface area contributed by atoms with Crippen LogP contribution in [-0.4, -0.2) is 41.8 Å². The first kappa shape index (κ1) is 24.8. The monoisotopic (exact) mass is 478 g/mol. The standard InChI is InChI=1S/C28H34N2O5/c1-18(25(31)30-28(2)15-8-7-13-24(28)26(32)33)14-16-29-27(34)35-17-23-21-11-5-3-9-19(21)20-10-4-6-12-22(20)23/h3-6,9-12,18,23-24H,7-8,13-17H2,1-2H3,(H,29,34)(H,30,31)(H,32,33). The van der Waals surface area contributed by atoms with Crippen molar-refractivity contribution in [2.45, 2.75) is 57.4 Å². The molecule has 2 aliphatic carbocycles. The highest BCUT2D eigenvalue weighted by Crippen LogP contribution is 2.44. The average Bonchev–Trinajstić information content (AvgIpc) is 3.16. The largest absolute Gasteiger partial charge is 0.481 e. The minimum absolute atomic E-state index is 0.00345. The van der Waals surface area contributed by atoms with E-state index in [0.29, 0.717) is 25.8 Å². The summed E-state index contributed by atoms with van der Waals surface area (Å²) < 4.78 is 5.54. The predicted octanol–water partition coefficient (Wildman–Crippen LogP) is 4.70. The van der Waals surface area contributed by atoms with Crippen LogP contribution in [0.5, 0.6) is 0 Å². The Hall–Kier alpha value is -3.35. The number of aliphatic carboxylic acids is 1. The minimum Gasteiger partial charge on any atom is -0.481 e. The maximum absolute atomic E-state index is 12.7. The summed E-state index contributed by atoms with van der Waals surface area (Å²) in [5.74, 6) is -1.99. The Kier molecular flexibility index (Phi) is 7.43. The molecule has 1 fully saturated rings. The van der Waals surface area contributed by atoms with Gasteiger partial charge in [0.05, 0.1) is 11.5 Å². The predicted molar refractivity (Wildman–Crippen MR) is 133 cm³/mol. The molecule has 2 aromatic carbocycles. The maximum Gasteiger partial charge on any atom is 0.407 e. The molecule has 186 valence electrons. The molecule has 35 heavy (non-hydrogen) atoms. The van der Waals surface area contributed by atoms with Crippen molar-refractivity contribution in [1.29, 1.82) is 0 Å². The average molecular weight is 479 g/mol. The zero-order valence-electron chi connectivity index (χ0n) is 20.4. The third-order valence-electron chi connectivity index (χ3n) is 7.55. The molecule has 0 saturated heterocycles. The molecule has 4 rings (SSSR count). The fourth-order valence-electron chi connectivity index (χ4n) is 5.46. The molecule has 0 aliphatic heterocycles. The molecule has 0 bridgehead atoms. The molecule has 2 aromatic rings. The van der Waals surface area contributed by atoms with Gasteiger partial charge in [0, 0.05) is 18.4 Å². The summed E-state index contributed by atoms with van der Waals surface area (Å²) in [5.41, 5.74) is 3.92. The number of rotatable bonds is 8. The van der Waals surface area contributed by atoms with E-state index in [1.54, 1.807) is 6.92 Å². The molecule has 2 aliphatic rings. The van der Waals surface area contributed by atoms with Crippen LogP contribution < -0.4 is 10.6 Å².